The van der Waals surface area contributed by atoms with Crippen LogP contribution in [0.2, 0.25) is 10.0 Å². The second kappa shape index (κ2) is 13.6. The minimum absolute atomic E-state index is 0.271. The monoisotopic (exact) mass is 602 g/mol. The van der Waals surface area contributed by atoms with Crippen molar-refractivity contribution in [2.45, 2.75) is 23.4 Å². The van der Waals surface area contributed by atoms with E-state index in [-0.39, 0.29) is 11.7 Å². The normalized spacial score (nSPS) is 12.0. The van der Waals surface area contributed by atoms with Crippen LogP contribution < -0.4 is 5.32 Å². The smallest absolute Gasteiger partial charge is 0.244 e. The highest BCUT2D eigenvalue weighted by atomic mass is 35.5. The summed E-state index contributed by atoms with van der Waals surface area (Å²) in [5.41, 5.74) is 3.49. The zero-order chi connectivity index (χ0) is 28.6. The highest BCUT2D eigenvalue weighted by molar-refractivity contribution is 7.98. The number of hydrogen-bond acceptors (Lipinski definition) is 4. The number of halogens is 3. The van der Waals surface area contributed by atoms with Crippen LogP contribution in [-0.2, 0) is 17.0 Å². The van der Waals surface area contributed by atoms with Crippen molar-refractivity contribution >= 4 is 46.9 Å². The first-order chi connectivity index (χ1) is 20.0. The summed E-state index contributed by atoms with van der Waals surface area (Å²) >= 11 is 14.3. The predicted octanol–water partition coefficient (Wildman–Crippen LogP) is 8.12. The Hall–Kier alpha value is -3.91. The fourth-order valence-corrected chi connectivity index (χ4v) is 5.63. The summed E-state index contributed by atoms with van der Waals surface area (Å²) in [4.78, 5) is 13.2. The van der Waals surface area contributed by atoms with Gasteiger partial charge < -0.3 is 5.32 Å². The van der Waals surface area contributed by atoms with E-state index in [1.807, 2.05) is 65.2 Å². The van der Waals surface area contributed by atoms with Crippen molar-refractivity contribution in [1.82, 2.24) is 20.1 Å². The molecule has 9 heteroatoms. The topological polar surface area (TPSA) is 59.8 Å². The van der Waals surface area contributed by atoms with E-state index in [1.54, 1.807) is 36.4 Å². The van der Waals surface area contributed by atoms with Crippen molar-refractivity contribution in [2.75, 3.05) is 0 Å². The first-order valence-electron chi connectivity index (χ1n) is 12.8. The third kappa shape index (κ3) is 7.64. The van der Waals surface area contributed by atoms with Crippen molar-refractivity contribution in [1.29, 1.82) is 0 Å². The summed E-state index contributed by atoms with van der Waals surface area (Å²) < 4.78 is 15.3. The Kier molecular flexibility index (Phi) is 9.51. The highest BCUT2D eigenvalue weighted by Crippen LogP contribution is 2.33. The van der Waals surface area contributed by atoms with E-state index in [9.17, 15) is 9.18 Å². The molecule has 5 rings (SSSR count). The van der Waals surface area contributed by atoms with Gasteiger partial charge in [-0.15, -0.1) is 10.2 Å². The number of nitrogens with one attached hydrogen (secondary N) is 1. The van der Waals surface area contributed by atoms with Gasteiger partial charge in [0.25, 0.3) is 0 Å². The first-order valence-corrected chi connectivity index (χ1v) is 14.6. The number of hydrogen-bond donors (Lipinski definition) is 1. The summed E-state index contributed by atoms with van der Waals surface area (Å²) in [6.45, 7) is 0. The minimum Gasteiger partial charge on any atom is -0.342 e. The lowest BCUT2D eigenvalue weighted by Gasteiger charge is -2.20. The number of carbonyl (C=O) groups is 1. The molecule has 1 amide bonds. The van der Waals surface area contributed by atoms with Gasteiger partial charge in [0.15, 0.2) is 11.0 Å². The van der Waals surface area contributed by atoms with Crippen molar-refractivity contribution < 1.29 is 9.18 Å². The molecule has 0 bridgehead atoms. The van der Waals surface area contributed by atoms with E-state index in [4.69, 9.17) is 23.2 Å². The summed E-state index contributed by atoms with van der Waals surface area (Å²) in [6.07, 6.45) is 3.74. The SMILES string of the molecule is O=C(C=Cc1ccccc1)NC(Cc1ccccc1)c1nnc(SCc2ccc(F)cc2)n1-c1ccc(Cl)cc1Cl. The van der Waals surface area contributed by atoms with E-state index < -0.39 is 6.04 Å². The number of amides is 1. The quantitative estimate of drug-likeness (QED) is 0.129. The lowest BCUT2D eigenvalue weighted by atomic mass is 10.0. The van der Waals surface area contributed by atoms with Crippen LogP contribution in [0.1, 0.15) is 28.6 Å². The molecule has 1 atom stereocenters. The molecule has 0 saturated carbocycles. The molecule has 0 radical (unpaired) electrons. The van der Waals surface area contributed by atoms with E-state index >= 15 is 0 Å². The molecular formula is C32H25Cl2FN4OS. The largest absolute Gasteiger partial charge is 0.342 e. The molecule has 1 heterocycles. The molecule has 1 N–H and O–H groups in total. The minimum atomic E-state index is -0.537. The Labute approximate surface area is 252 Å². The van der Waals surface area contributed by atoms with Gasteiger partial charge in [-0.25, -0.2) is 4.39 Å². The maximum Gasteiger partial charge on any atom is 0.244 e. The zero-order valence-corrected chi connectivity index (χ0v) is 24.1. The fraction of sp³-hybridized carbons (Fsp3) is 0.0938. The van der Waals surface area contributed by atoms with Crippen molar-refractivity contribution in [3.05, 3.63) is 148 Å². The Morgan fingerprint density at radius 2 is 1.61 bits per heavy atom. The summed E-state index contributed by atoms with van der Waals surface area (Å²) in [5.74, 6) is 0.477. The predicted molar refractivity (Wildman–Crippen MR) is 164 cm³/mol. The fourth-order valence-electron chi connectivity index (χ4n) is 4.23. The molecule has 0 aliphatic carbocycles. The number of rotatable bonds is 10. The average Bonchev–Trinajstić information content (AvgIpc) is 3.40. The van der Waals surface area contributed by atoms with Gasteiger partial charge >= 0.3 is 0 Å². The average molecular weight is 604 g/mol. The summed E-state index contributed by atoms with van der Waals surface area (Å²) in [6, 6.07) is 30.4. The van der Waals surface area contributed by atoms with Gasteiger partial charge in [-0.1, -0.05) is 108 Å². The molecule has 1 aromatic heterocycles. The van der Waals surface area contributed by atoms with Gasteiger partial charge in [-0.3, -0.25) is 9.36 Å². The lowest BCUT2D eigenvalue weighted by Crippen LogP contribution is -2.30. The molecule has 0 spiro atoms. The summed E-state index contributed by atoms with van der Waals surface area (Å²) in [5, 5.41) is 13.6. The van der Waals surface area contributed by atoms with Crippen LogP contribution in [0.25, 0.3) is 11.8 Å². The van der Waals surface area contributed by atoms with Crippen molar-refractivity contribution in [3.8, 4) is 5.69 Å². The van der Waals surface area contributed by atoms with E-state index in [1.165, 1.54) is 30.0 Å². The van der Waals surface area contributed by atoms with E-state index in [0.29, 0.717) is 38.9 Å². The standard InChI is InChI=1S/C32H25Cl2FN4OS/c33-25-14-17-29(27(34)20-25)39-31(37-38-32(39)41-21-24-11-15-26(35)16-12-24)28(19-23-9-5-2-6-10-23)36-30(40)18-13-22-7-3-1-4-8-22/h1-18,20,28H,19,21H2,(H,36,40). The second-order valence-electron chi connectivity index (χ2n) is 9.18. The molecule has 206 valence electrons. The number of benzene rings is 4. The summed E-state index contributed by atoms with van der Waals surface area (Å²) in [7, 11) is 0. The molecule has 41 heavy (non-hydrogen) atoms. The van der Waals surface area contributed by atoms with Gasteiger partial charge in [-0.2, -0.15) is 0 Å². The van der Waals surface area contributed by atoms with Crippen LogP contribution in [0, 0.1) is 5.82 Å². The molecule has 1 unspecified atom stereocenters. The Balaban J connectivity index is 1.52. The van der Waals surface area contributed by atoms with Gasteiger partial charge in [0.2, 0.25) is 5.91 Å². The molecule has 0 aliphatic heterocycles. The zero-order valence-electron chi connectivity index (χ0n) is 21.8. The van der Waals surface area contributed by atoms with Gasteiger partial charge in [0.1, 0.15) is 5.82 Å². The number of carbonyl (C=O) groups excluding carboxylic acids is 1. The number of thioether (sulfide) groups is 1. The number of nitrogens with zero attached hydrogens (tertiary/aromatic N) is 3. The maximum atomic E-state index is 13.4. The van der Waals surface area contributed by atoms with Crippen LogP contribution >= 0.6 is 35.0 Å². The molecule has 4 aromatic carbocycles. The third-order valence-corrected chi connectivity index (χ3v) is 7.77. The van der Waals surface area contributed by atoms with Gasteiger partial charge in [0, 0.05) is 16.9 Å². The second-order valence-corrected chi connectivity index (χ2v) is 11.0. The van der Waals surface area contributed by atoms with E-state index in [0.717, 1.165) is 16.7 Å². The Morgan fingerprint density at radius 3 is 2.32 bits per heavy atom. The maximum absolute atomic E-state index is 13.4. The van der Waals surface area contributed by atoms with Crippen molar-refractivity contribution in [2.24, 2.45) is 0 Å². The number of aromatic nitrogens is 3. The molecule has 0 aliphatic rings. The van der Waals surface area contributed by atoms with Crippen LogP contribution in [-0.4, -0.2) is 20.7 Å². The Morgan fingerprint density at radius 1 is 0.902 bits per heavy atom. The van der Waals surface area contributed by atoms with Crippen LogP contribution in [0.5, 0.6) is 0 Å². The van der Waals surface area contributed by atoms with E-state index in [2.05, 4.69) is 15.5 Å². The molecule has 0 saturated heterocycles. The molecular weight excluding hydrogens is 578 g/mol. The van der Waals surface area contributed by atoms with Gasteiger partial charge in [-0.05, 0) is 59.5 Å². The lowest BCUT2D eigenvalue weighted by molar-refractivity contribution is -0.117. The van der Waals surface area contributed by atoms with Crippen LogP contribution in [0.15, 0.2) is 114 Å². The third-order valence-electron chi connectivity index (χ3n) is 6.23. The van der Waals surface area contributed by atoms with Gasteiger partial charge in [0.05, 0.1) is 16.8 Å². The van der Waals surface area contributed by atoms with Crippen molar-refractivity contribution in [3.63, 3.8) is 0 Å². The molecule has 5 nitrogen and oxygen atoms in total. The highest BCUT2D eigenvalue weighted by Gasteiger charge is 2.25. The molecule has 0 fully saturated rings. The Bertz CT molecular complexity index is 1640. The molecule has 5 aromatic rings. The first kappa shape index (κ1) is 28.6. The van der Waals surface area contributed by atoms with Crippen LogP contribution in [0.3, 0.4) is 0 Å². The van der Waals surface area contributed by atoms with Crippen LogP contribution in [0.4, 0.5) is 4.39 Å².